The second-order valence-corrected chi connectivity index (χ2v) is 13.7. The predicted octanol–water partition coefficient (Wildman–Crippen LogP) is 9.62. The zero-order valence-electron chi connectivity index (χ0n) is 28.9. The summed E-state index contributed by atoms with van der Waals surface area (Å²) in [4.78, 5) is 35.5. The van der Waals surface area contributed by atoms with Crippen LogP contribution in [-0.4, -0.2) is 48.2 Å². The molecule has 0 heterocycles. The Morgan fingerprint density at radius 2 is 1.34 bits per heavy atom. The van der Waals surface area contributed by atoms with Gasteiger partial charge in [-0.25, -0.2) is 4.99 Å². The van der Waals surface area contributed by atoms with Crippen LogP contribution in [0.5, 0.6) is 0 Å². The van der Waals surface area contributed by atoms with Crippen molar-refractivity contribution in [2.75, 3.05) is 19.3 Å². The van der Waals surface area contributed by atoms with E-state index in [0.29, 0.717) is 70.8 Å². The number of hydrogen-bond donors (Lipinski definition) is 2. The maximum absolute atomic E-state index is 13.7. The van der Waals surface area contributed by atoms with Gasteiger partial charge in [0.15, 0.2) is 11.0 Å². The topological polar surface area (TPSA) is 96.9 Å². The number of unbranched alkanes of at least 4 members (excludes halogenated alkanes) is 1. The first-order valence-corrected chi connectivity index (χ1v) is 18.0. The van der Waals surface area contributed by atoms with Crippen LogP contribution in [0.1, 0.15) is 65.6 Å². The summed E-state index contributed by atoms with van der Waals surface area (Å²) in [6.45, 7) is -1.42. The number of carbonyl (C=O) groups is 2. The molecule has 0 fully saturated rings. The highest BCUT2D eigenvalue weighted by Crippen LogP contribution is 2.51. The molecule has 0 aromatic heterocycles. The molecule has 0 bridgehead atoms. The summed E-state index contributed by atoms with van der Waals surface area (Å²) in [7, 11) is 1.58. The molecule has 0 aliphatic heterocycles. The van der Waals surface area contributed by atoms with E-state index in [0.717, 1.165) is 23.3 Å². The van der Waals surface area contributed by atoms with Crippen molar-refractivity contribution in [3.8, 4) is 22.3 Å². The van der Waals surface area contributed by atoms with Gasteiger partial charge in [-0.3, -0.25) is 14.6 Å². The number of ketones is 1. The summed E-state index contributed by atoms with van der Waals surface area (Å²) in [5.41, 5.74) is 8.61. The lowest BCUT2D eigenvalue weighted by Gasteiger charge is -2.31. The third kappa shape index (κ3) is 9.37. The highest BCUT2D eigenvalue weighted by atomic mass is 32.2. The maximum atomic E-state index is 13.7. The van der Waals surface area contributed by atoms with Crippen molar-refractivity contribution in [1.82, 2.24) is 5.32 Å². The number of halogens is 6. The van der Waals surface area contributed by atoms with Gasteiger partial charge in [-0.05, 0) is 64.8 Å². The number of hydrogen-bond acceptors (Lipinski definition) is 4. The van der Waals surface area contributed by atoms with Gasteiger partial charge in [0.2, 0.25) is 5.91 Å². The van der Waals surface area contributed by atoms with Gasteiger partial charge in [-0.2, -0.15) is 26.3 Å². The normalized spacial score (nSPS) is 14.1. The summed E-state index contributed by atoms with van der Waals surface area (Å²) in [6, 6.07) is 26.1. The van der Waals surface area contributed by atoms with E-state index in [4.69, 9.17) is 5.73 Å². The first kappa shape index (κ1) is 39.3. The van der Waals surface area contributed by atoms with Gasteiger partial charge in [-0.1, -0.05) is 103 Å². The Morgan fingerprint density at radius 1 is 0.755 bits per heavy atom. The Morgan fingerprint density at radius 3 is 1.92 bits per heavy atom. The van der Waals surface area contributed by atoms with E-state index in [1.807, 2.05) is 36.4 Å². The molecule has 1 amide bonds. The average molecular weight is 753 g/mol. The van der Waals surface area contributed by atoms with Gasteiger partial charge in [0, 0.05) is 31.2 Å². The van der Waals surface area contributed by atoms with Crippen molar-refractivity contribution in [2.45, 2.75) is 56.3 Å². The van der Waals surface area contributed by atoms with Crippen LogP contribution in [0.3, 0.4) is 0 Å². The van der Waals surface area contributed by atoms with Crippen molar-refractivity contribution in [1.29, 1.82) is 0 Å². The molecule has 3 N–H and O–H groups in total. The SMILES string of the molecule is CN=C(N=C(N)CCCC(=O)c1ccccc1-c1ccc(C(F)(F)F)cc1)SCCCCC1(C(=O)NCC(F)(F)F)c2ccccc2-c2ccccc21. The van der Waals surface area contributed by atoms with E-state index in [-0.39, 0.29) is 18.0 Å². The van der Waals surface area contributed by atoms with Crippen molar-refractivity contribution in [2.24, 2.45) is 15.7 Å². The smallest absolute Gasteiger partial charge is 0.387 e. The lowest BCUT2D eigenvalue weighted by molar-refractivity contribution is -0.141. The summed E-state index contributed by atoms with van der Waals surface area (Å²) in [6.07, 6.45) is -6.73. The molecule has 5 rings (SSSR count). The van der Waals surface area contributed by atoms with Crippen molar-refractivity contribution in [3.63, 3.8) is 0 Å². The Balaban J connectivity index is 1.16. The first-order chi connectivity index (χ1) is 25.2. The molecule has 4 aromatic rings. The molecular weight excluding hydrogens is 715 g/mol. The standard InChI is InChI=1S/C40H38F6N4O2S/c1-48-37(50-35(47)18-10-17-34(51)31-14-3-2-11-28(31)26-19-21-27(22-20-26)40(44,45)46)53-24-9-8-23-38(36(52)49-25-39(41,42)43)32-15-6-4-12-29(32)30-13-5-7-16-33(30)38/h2-7,11-16,19-22H,8-10,17-18,23-25H2,1H3,(H,49,52)(H2,47,48,50). The van der Waals surface area contributed by atoms with Crippen molar-refractivity contribution in [3.05, 3.63) is 119 Å². The van der Waals surface area contributed by atoms with Crippen LogP contribution in [0.25, 0.3) is 22.3 Å². The fraction of sp³-hybridized carbons (Fsp3) is 0.300. The number of alkyl halides is 6. The summed E-state index contributed by atoms with van der Waals surface area (Å²) in [5.74, 6) is -0.0212. The monoisotopic (exact) mass is 752 g/mol. The van der Waals surface area contributed by atoms with E-state index in [1.54, 1.807) is 43.4 Å². The van der Waals surface area contributed by atoms with Gasteiger partial charge in [0.05, 0.1) is 5.56 Å². The Kier molecular flexibility index (Phi) is 12.5. The highest BCUT2D eigenvalue weighted by Gasteiger charge is 2.49. The molecule has 1 aliphatic rings. The van der Waals surface area contributed by atoms with Crippen LogP contribution in [-0.2, 0) is 16.4 Å². The number of thioether (sulfide) groups is 1. The van der Waals surface area contributed by atoms with Crippen molar-refractivity contribution < 1.29 is 35.9 Å². The molecule has 0 unspecified atom stereocenters. The minimum Gasteiger partial charge on any atom is -0.387 e. The number of nitrogens with one attached hydrogen (secondary N) is 1. The molecule has 0 saturated heterocycles. The zero-order chi connectivity index (χ0) is 38.2. The van der Waals surface area contributed by atoms with Crippen LogP contribution in [0.2, 0.25) is 0 Å². The van der Waals surface area contributed by atoms with Crippen LogP contribution in [0.15, 0.2) is 107 Å². The Hall–Kier alpha value is -4.91. The number of nitrogens with two attached hydrogens (primary N) is 1. The van der Waals surface area contributed by atoms with Gasteiger partial charge >= 0.3 is 12.4 Å². The minimum atomic E-state index is -4.55. The number of nitrogens with zero attached hydrogens (tertiary/aromatic N) is 2. The number of carbonyl (C=O) groups excluding carboxylic acids is 2. The van der Waals surface area contributed by atoms with E-state index in [2.05, 4.69) is 15.3 Å². The third-order valence-electron chi connectivity index (χ3n) is 9.10. The van der Waals surface area contributed by atoms with Crippen molar-refractivity contribution >= 4 is 34.5 Å². The molecule has 0 saturated carbocycles. The number of amides is 1. The molecule has 0 spiro atoms. The molecule has 4 aromatic carbocycles. The number of benzene rings is 4. The Labute approximate surface area is 308 Å². The lowest BCUT2D eigenvalue weighted by atomic mass is 9.73. The largest absolute Gasteiger partial charge is 0.416 e. The zero-order valence-corrected chi connectivity index (χ0v) is 29.7. The van der Waals surface area contributed by atoms with Crippen LogP contribution in [0.4, 0.5) is 26.3 Å². The van der Waals surface area contributed by atoms with Gasteiger partial charge in [0.25, 0.3) is 0 Å². The number of aliphatic imine (C=N–C) groups is 2. The van der Waals surface area contributed by atoms with E-state index in [1.165, 1.54) is 23.9 Å². The predicted molar refractivity (Wildman–Crippen MR) is 198 cm³/mol. The molecule has 53 heavy (non-hydrogen) atoms. The second kappa shape index (κ2) is 16.8. The molecule has 0 radical (unpaired) electrons. The summed E-state index contributed by atoms with van der Waals surface area (Å²) < 4.78 is 78.6. The molecule has 13 heteroatoms. The number of Topliss-reactive ketones (excluding diaryl/α,β-unsaturated/α-hetero) is 1. The molecule has 1 aliphatic carbocycles. The van der Waals surface area contributed by atoms with Crippen LogP contribution in [0, 0.1) is 0 Å². The lowest BCUT2D eigenvalue weighted by Crippen LogP contribution is -2.47. The molecule has 6 nitrogen and oxygen atoms in total. The quantitative estimate of drug-likeness (QED) is 0.0468. The van der Waals surface area contributed by atoms with Gasteiger partial charge < -0.3 is 11.1 Å². The summed E-state index contributed by atoms with van der Waals surface area (Å²) >= 11 is 1.36. The van der Waals surface area contributed by atoms with E-state index in [9.17, 15) is 35.9 Å². The Bertz CT molecular complexity index is 1940. The van der Waals surface area contributed by atoms with Crippen LogP contribution >= 0.6 is 11.8 Å². The molecular formula is C40H38F6N4O2S. The number of amidine groups is 2. The van der Waals surface area contributed by atoms with E-state index >= 15 is 0 Å². The third-order valence-corrected chi connectivity index (χ3v) is 10.1. The first-order valence-electron chi connectivity index (χ1n) is 17.0. The van der Waals surface area contributed by atoms with Crippen LogP contribution < -0.4 is 11.1 Å². The van der Waals surface area contributed by atoms with Gasteiger partial charge in [-0.15, -0.1) is 0 Å². The fourth-order valence-electron chi connectivity index (χ4n) is 6.65. The fourth-order valence-corrected chi connectivity index (χ4v) is 7.49. The molecule has 0 atom stereocenters. The maximum Gasteiger partial charge on any atom is 0.416 e. The molecule has 278 valence electrons. The number of rotatable bonds is 13. The average Bonchev–Trinajstić information content (AvgIpc) is 3.43. The minimum absolute atomic E-state index is 0.143. The van der Waals surface area contributed by atoms with E-state index < -0.39 is 35.8 Å². The second-order valence-electron chi connectivity index (χ2n) is 12.6. The number of fused-ring (bicyclic) bond motifs is 3. The highest BCUT2D eigenvalue weighted by molar-refractivity contribution is 8.13. The van der Waals surface area contributed by atoms with Gasteiger partial charge in [0.1, 0.15) is 17.8 Å². The summed E-state index contributed by atoms with van der Waals surface area (Å²) in [5, 5.41) is 2.58.